The largest absolute Gasteiger partial charge is 0.375 e. The Balaban J connectivity index is 2.34. The predicted molar refractivity (Wildman–Crippen MR) is 70.7 cm³/mol. The Morgan fingerprint density at radius 3 is 2.59 bits per heavy atom. The van der Waals surface area contributed by atoms with Crippen molar-refractivity contribution in [3.8, 4) is 0 Å². The van der Waals surface area contributed by atoms with E-state index in [9.17, 15) is 0 Å². The van der Waals surface area contributed by atoms with E-state index in [2.05, 4.69) is 31.1 Å². The number of hydrogen-bond donors (Lipinski definition) is 1. The molecule has 0 aliphatic rings. The van der Waals surface area contributed by atoms with Crippen molar-refractivity contribution in [2.24, 2.45) is 5.41 Å². The van der Waals surface area contributed by atoms with E-state index >= 15 is 0 Å². The summed E-state index contributed by atoms with van der Waals surface area (Å²) in [4.78, 5) is 4.51. The van der Waals surface area contributed by atoms with Crippen LogP contribution in [0.1, 0.15) is 38.6 Å². The third-order valence-corrected chi connectivity index (χ3v) is 2.47. The molecule has 96 valence electrons. The molecule has 0 aliphatic carbocycles. The highest BCUT2D eigenvalue weighted by Gasteiger charge is 2.09. The van der Waals surface area contributed by atoms with Gasteiger partial charge in [0.1, 0.15) is 0 Å². The molecule has 1 rings (SSSR count). The maximum absolute atomic E-state index is 5.65. The van der Waals surface area contributed by atoms with Crippen molar-refractivity contribution in [3.05, 3.63) is 29.6 Å². The second-order valence-corrected chi connectivity index (χ2v) is 5.51. The summed E-state index contributed by atoms with van der Waals surface area (Å²) in [5, 5.41) is 3.10. The van der Waals surface area contributed by atoms with Crippen LogP contribution in [0, 0.1) is 5.41 Å². The number of nitrogens with zero attached hydrogens (tertiary/aromatic N) is 1. The molecule has 0 radical (unpaired) electrons. The highest BCUT2D eigenvalue weighted by atomic mass is 16.5. The first-order valence-corrected chi connectivity index (χ1v) is 6.18. The van der Waals surface area contributed by atoms with E-state index in [1.165, 1.54) is 0 Å². The van der Waals surface area contributed by atoms with E-state index < -0.39 is 0 Å². The van der Waals surface area contributed by atoms with E-state index in [1.54, 1.807) is 0 Å². The fourth-order valence-corrected chi connectivity index (χ4v) is 1.44. The summed E-state index contributed by atoms with van der Waals surface area (Å²) in [5.41, 5.74) is 2.40. The number of pyridine rings is 1. The molecule has 3 heteroatoms. The number of aromatic nitrogens is 1. The van der Waals surface area contributed by atoms with Gasteiger partial charge in [0.2, 0.25) is 0 Å². The van der Waals surface area contributed by atoms with Crippen molar-refractivity contribution in [1.29, 1.82) is 0 Å². The molecule has 0 atom stereocenters. The van der Waals surface area contributed by atoms with Gasteiger partial charge >= 0.3 is 0 Å². The van der Waals surface area contributed by atoms with Crippen LogP contribution in [-0.2, 0) is 17.9 Å². The number of hydrogen-bond acceptors (Lipinski definition) is 3. The summed E-state index contributed by atoms with van der Waals surface area (Å²) in [6.45, 7) is 8.87. The first-order chi connectivity index (χ1) is 8.01. The highest BCUT2D eigenvalue weighted by Crippen LogP contribution is 2.18. The van der Waals surface area contributed by atoms with Crippen LogP contribution in [-0.4, -0.2) is 18.6 Å². The third kappa shape index (κ3) is 6.39. The Kier molecular flexibility index (Phi) is 5.59. The fraction of sp³-hybridized carbons (Fsp3) is 0.643. The maximum atomic E-state index is 5.65. The Bertz CT molecular complexity index is 331. The average molecular weight is 236 g/mol. The second-order valence-electron chi connectivity index (χ2n) is 5.51. The molecule has 0 aliphatic heterocycles. The van der Waals surface area contributed by atoms with Crippen LogP contribution in [0.5, 0.6) is 0 Å². The van der Waals surface area contributed by atoms with Gasteiger partial charge in [-0.05, 0) is 31.0 Å². The molecule has 3 nitrogen and oxygen atoms in total. The standard InChI is InChI=1S/C14H24N2O/c1-14(2,3)8-9-17-11-13-7-5-6-12(16-13)10-15-4/h5-7,15H,8-11H2,1-4H3. The lowest BCUT2D eigenvalue weighted by Crippen LogP contribution is -2.11. The van der Waals surface area contributed by atoms with E-state index in [0.717, 1.165) is 31.0 Å². The van der Waals surface area contributed by atoms with Crippen molar-refractivity contribution < 1.29 is 4.74 Å². The molecule has 1 N–H and O–H groups in total. The van der Waals surface area contributed by atoms with E-state index in [1.807, 2.05) is 25.2 Å². The Labute approximate surface area is 105 Å². The first-order valence-electron chi connectivity index (χ1n) is 6.18. The zero-order valence-electron chi connectivity index (χ0n) is 11.4. The minimum atomic E-state index is 0.335. The lowest BCUT2D eigenvalue weighted by atomic mass is 9.93. The van der Waals surface area contributed by atoms with Gasteiger partial charge in [-0.2, -0.15) is 0 Å². The van der Waals surface area contributed by atoms with Crippen LogP contribution in [0.2, 0.25) is 0 Å². The monoisotopic (exact) mass is 236 g/mol. The molecule has 0 bridgehead atoms. The molecule has 0 aromatic carbocycles. The molecule has 1 aromatic heterocycles. The van der Waals surface area contributed by atoms with Gasteiger partial charge in [-0.25, -0.2) is 0 Å². The summed E-state index contributed by atoms with van der Waals surface area (Å²) in [6.07, 6.45) is 1.07. The molecular formula is C14H24N2O. The van der Waals surface area contributed by atoms with Gasteiger partial charge < -0.3 is 10.1 Å². The topological polar surface area (TPSA) is 34.1 Å². The van der Waals surface area contributed by atoms with Crippen molar-refractivity contribution in [1.82, 2.24) is 10.3 Å². The number of nitrogens with one attached hydrogen (secondary N) is 1. The van der Waals surface area contributed by atoms with E-state index in [0.29, 0.717) is 12.0 Å². The Morgan fingerprint density at radius 2 is 1.94 bits per heavy atom. The highest BCUT2D eigenvalue weighted by molar-refractivity contribution is 5.10. The Morgan fingerprint density at radius 1 is 1.24 bits per heavy atom. The van der Waals surface area contributed by atoms with E-state index in [4.69, 9.17) is 4.74 Å². The van der Waals surface area contributed by atoms with Crippen molar-refractivity contribution in [2.45, 2.75) is 40.3 Å². The fourth-order valence-electron chi connectivity index (χ4n) is 1.44. The van der Waals surface area contributed by atoms with Crippen LogP contribution in [0.15, 0.2) is 18.2 Å². The smallest absolute Gasteiger partial charge is 0.0887 e. The van der Waals surface area contributed by atoms with Gasteiger partial charge in [0.25, 0.3) is 0 Å². The van der Waals surface area contributed by atoms with Gasteiger partial charge in [0, 0.05) is 13.2 Å². The third-order valence-electron chi connectivity index (χ3n) is 2.47. The zero-order chi connectivity index (χ0) is 12.7. The van der Waals surface area contributed by atoms with Gasteiger partial charge in [0.05, 0.1) is 18.0 Å². The van der Waals surface area contributed by atoms with Crippen LogP contribution >= 0.6 is 0 Å². The van der Waals surface area contributed by atoms with Crippen molar-refractivity contribution in [3.63, 3.8) is 0 Å². The molecule has 0 fully saturated rings. The van der Waals surface area contributed by atoms with Gasteiger partial charge in [-0.3, -0.25) is 4.98 Å². The summed E-state index contributed by atoms with van der Waals surface area (Å²) in [7, 11) is 1.92. The molecular weight excluding hydrogens is 212 g/mol. The van der Waals surface area contributed by atoms with Crippen LogP contribution in [0.4, 0.5) is 0 Å². The van der Waals surface area contributed by atoms with Crippen LogP contribution < -0.4 is 5.32 Å². The Hall–Kier alpha value is -0.930. The zero-order valence-corrected chi connectivity index (χ0v) is 11.4. The molecule has 1 heterocycles. The van der Waals surface area contributed by atoms with Crippen LogP contribution in [0.25, 0.3) is 0 Å². The SMILES string of the molecule is CNCc1cccc(COCCC(C)(C)C)n1. The summed E-state index contributed by atoms with van der Waals surface area (Å²) in [5.74, 6) is 0. The lowest BCUT2D eigenvalue weighted by molar-refractivity contribution is 0.0940. The normalized spacial score (nSPS) is 11.8. The minimum Gasteiger partial charge on any atom is -0.375 e. The molecule has 0 saturated heterocycles. The van der Waals surface area contributed by atoms with Gasteiger partial charge in [0.15, 0.2) is 0 Å². The molecule has 0 saturated carbocycles. The first kappa shape index (κ1) is 14.1. The summed E-state index contributed by atoms with van der Waals surface area (Å²) >= 11 is 0. The molecule has 17 heavy (non-hydrogen) atoms. The van der Waals surface area contributed by atoms with Crippen molar-refractivity contribution in [2.75, 3.05) is 13.7 Å². The number of ether oxygens (including phenoxy) is 1. The molecule has 0 amide bonds. The number of rotatable bonds is 6. The molecule has 0 spiro atoms. The molecule has 1 aromatic rings. The quantitative estimate of drug-likeness (QED) is 0.771. The minimum absolute atomic E-state index is 0.335. The van der Waals surface area contributed by atoms with Crippen molar-refractivity contribution >= 4 is 0 Å². The predicted octanol–water partition coefficient (Wildman–Crippen LogP) is 2.75. The summed E-state index contributed by atoms with van der Waals surface area (Å²) in [6, 6.07) is 6.06. The van der Waals surface area contributed by atoms with Gasteiger partial charge in [-0.1, -0.05) is 26.8 Å². The summed E-state index contributed by atoms with van der Waals surface area (Å²) < 4.78 is 5.65. The van der Waals surface area contributed by atoms with Gasteiger partial charge in [-0.15, -0.1) is 0 Å². The average Bonchev–Trinajstić information content (AvgIpc) is 2.24. The second kappa shape index (κ2) is 6.72. The lowest BCUT2D eigenvalue weighted by Gasteiger charge is -2.17. The maximum Gasteiger partial charge on any atom is 0.0887 e. The van der Waals surface area contributed by atoms with E-state index in [-0.39, 0.29) is 0 Å². The molecule has 0 unspecified atom stereocenters. The van der Waals surface area contributed by atoms with Crippen LogP contribution in [0.3, 0.4) is 0 Å².